The number of carbonyl (C=O) groups excluding carboxylic acids is 1. The minimum absolute atomic E-state index is 0.0988. The van der Waals surface area contributed by atoms with E-state index in [9.17, 15) is 28.2 Å². The summed E-state index contributed by atoms with van der Waals surface area (Å²) in [5.74, 6) is -1.94. The van der Waals surface area contributed by atoms with Crippen molar-refractivity contribution in [3.63, 3.8) is 0 Å². The second-order valence-corrected chi connectivity index (χ2v) is 3.87. The Bertz CT molecular complexity index is 451. The van der Waals surface area contributed by atoms with Gasteiger partial charge < -0.3 is 14.9 Å². The summed E-state index contributed by atoms with van der Waals surface area (Å²) in [7, 11) is 1.11. The summed E-state index contributed by atoms with van der Waals surface area (Å²) < 4.78 is 42.2. The molecule has 0 aliphatic carbocycles. The van der Waals surface area contributed by atoms with E-state index >= 15 is 0 Å². The molecule has 0 saturated heterocycles. The van der Waals surface area contributed by atoms with Crippen LogP contribution in [0.25, 0.3) is 0 Å². The third-order valence-electron chi connectivity index (χ3n) is 2.57. The lowest BCUT2D eigenvalue weighted by atomic mass is 10.0. The number of ether oxygens (including phenoxy) is 1. The summed E-state index contributed by atoms with van der Waals surface area (Å²) in [6.45, 7) is 0. The fourth-order valence-electron chi connectivity index (χ4n) is 1.49. The van der Waals surface area contributed by atoms with Crippen LogP contribution < -0.4 is 0 Å². The van der Waals surface area contributed by atoms with E-state index in [1.807, 2.05) is 0 Å². The van der Waals surface area contributed by atoms with Crippen LogP contribution in [0.15, 0.2) is 18.2 Å². The molecule has 106 valence electrons. The highest BCUT2D eigenvalue weighted by molar-refractivity contribution is 5.69. The number of hydrogen-bond donors (Lipinski definition) is 2. The van der Waals surface area contributed by atoms with Crippen molar-refractivity contribution < 1.29 is 32.9 Å². The average Bonchev–Trinajstić information content (AvgIpc) is 2.36. The van der Waals surface area contributed by atoms with Crippen LogP contribution in [0.2, 0.25) is 0 Å². The van der Waals surface area contributed by atoms with Crippen molar-refractivity contribution in [1.29, 1.82) is 0 Å². The smallest absolute Gasteiger partial charge is 0.308 e. The third-order valence-corrected chi connectivity index (χ3v) is 2.57. The lowest BCUT2D eigenvalue weighted by Gasteiger charge is -2.17. The first kappa shape index (κ1) is 15.5. The molecule has 0 saturated carbocycles. The van der Waals surface area contributed by atoms with Crippen LogP contribution in [0.5, 0.6) is 0 Å². The summed E-state index contributed by atoms with van der Waals surface area (Å²) >= 11 is 0. The SMILES string of the molecule is COC(=O)CC(O)C(O)c1ccc(C(F)F)c(F)c1. The zero-order valence-electron chi connectivity index (χ0n) is 10.0. The van der Waals surface area contributed by atoms with E-state index in [4.69, 9.17) is 0 Å². The first-order valence-electron chi connectivity index (χ1n) is 5.37. The monoisotopic (exact) mass is 278 g/mol. The summed E-state index contributed by atoms with van der Waals surface area (Å²) in [5, 5.41) is 19.2. The van der Waals surface area contributed by atoms with Gasteiger partial charge in [0.2, 0.25) is 0 Å². The normalized spacial score (nSPS) is 14.3. The molecule has 2 unspecified atom stereocenters. The number of rotatable bonds is 5. The van der Waals surface area contributed by atoms with Gasteiger partial charge in [-0.1, -0.05) is 12.1 Å². The summed E-state index contributed by atoms with van der Waals surface area (Å²) in [5.41, 5.74) is -0.892. The van der Waals surface area contributed by atoms with Crippen molar-refractivity contribution in [3.05, 3.63) is 35.1 Å². The topological polar surface area (TPSA) is 66.8 Å². The molecular formula is C12H13F3O4. The highest BCUT2D eigenvalue weighted by atomic mass is 19.3. The van der Waals surface area contributed by atoms with Crippen molar-refractivity contribution >= 4 is 5.97 Å². The van der Waals surface area contributed by atoms with Crippen LogP contribution in [0.3, 0.4) is 0 Å². The Balaban J connectivity index is 2.85. The second-order valence-electron chi connectivity index (χ2n) is 3.87. The number of carbonyl (C=O) groups is 1. The van der Waals surface area contributed by atoms with E-state index in [2.05, 4.69) is 4.74 Å². The highest BCUT2D eigenvalue weighted by Gasteiger charge is 2.23. The molecule has 0 aliphatic heterocycles. The van der Waals surface area contributed by atoms with E-state index in [1.54, 1.807) is 0 Å². The maximum Gasteiger partial charge on any atom is 0.308 e. The number of aliphatic hydroxyl groups is 2. The quantitative estimate of drug-likeness (QED) is 0.805. The molecule has 0 aromatic heterocycles. The second kappa shape index (κ2) is 6.53. The number of esters is 1. The van der Waals surface area contributed by atoms with Crippen molar-refractivity contribution in [3.8, 4) is 0 Å². The van der Waals surface area contributed by atoms with Gasteiger partial charge >= 0.3 is 5.97 Å². The number of aliphatic hydroxyl groups excluding tert-OH is 2. The van der Waals surface area contributed by atoms with Gasteiger partial charge in [-0.2, -0.15) is 0 Å². The molecule has 0 heterocycles. The van der Waals surface area contributed by atoms with Crippen molar-refractivity contribution in [2.24, 2.45) is 0 Å². The highest BCUT2D eigenvalue weighted by Crippen LogP contribution is 2.26. The molecule has 7 heteroatoms. The summed E-state index contributed by atoms with van der Waals surface area (Å²) in [6, 6.07) is 2.59. The Hall–Kier alpha value is -1.60. The average molecular weight is 278 g/mol. The summed E-state index contributed by atoms with van der Waals surface area (Å²) in [4.78, 5) is 10.9. The van der Waals surface area contributed by atoms with E-state index < -0.39 is 42.4 Å². The van der Waals surface area contributed by atoms with Crippen LogP contribution in [0.4, 0.5) is 13.2 Å². The zero-order chi connectivity index (χ0) is 14.6. The molecule has 19 heavy (non-hydrogen) atoms. The Morgan fingerprint density at radius 3 is 2.47 bits per heavy atom. The molecule has 1 aromatic rings. The minimum Gasteiger partial charge on any atom is -0.469 e. The van der Waals surface area contributed by atoms with Crippen molar-refractivity contribution in [1.82, 2.24) is 0 Å². The Morgan fingerprint density at radius 2 is 2.00 bits per heavy atom. The molecule has 2 atom stereocenters. The first-order valence-corrected chi connectivity index (χ1v) is 5.37. The molecule has 0 radical (unpaired) electrons. The van der Waals surface area contributed by atoms with Gasteiger partial charge in [-0.15, -0.1) is 0 Å². The van der Waals surface area contributed by atoms with E-state index in [1.165, 1.54) is 0 Å². The first-order chi connectivity index (χ1) is 8.86. The minimum atomic E-state index is -2.97. The largest absolute Gasteiger partial charge is 0.469 e. The van der Waals surface area contributed by atoms with Crippen LogP contribution in [0.1, 0.15) is 30.1 Å². The molecule has 0 aliphatic rings. The van der Waals surface area contributed by atoms with Crippen molar-refractivity contribution in [2.75, 3.05) is 7.11 Å². The predicted octanol–water partition coefficient (Wildman–Crippen LogP) is 1.72. The van der Waals surface area contributed by atoms with Gasteiger partial charge in [0, 0.05) is 0 Å². The maximum absolute atomic E-state index is 13.3. The Labute approximate surface area is 107 Å². The van der Waals surface area contributed by atoms with Crippen LogP contribution in [0, 0.1) is 5.82 Å². The standard InChI is InChI=1S/C12H13F3O4/c1-19-10(17)5-9(16)11(18)6-2-3-7(12(14)15)8(13)4-6/h2-4,9,11-12,16,18H,5H2,1H3. The predicted molar refractivity (Wildman–Crippen MR) is 59.0 cm³/mol. The van der Waals surface area contributed by atoms with Crippen LogP contribution >= 0.6 is 0 Å². The van der Waals surface area contributed by atoms with E-state index in [-0.39, 0.29) is 5.56 Å². The maximum atomic E-state index is 13.3. The number of halogens is 3. The van der Waals surface area contributed by atoms with Crippen LogP contribution in [-0.4, -0.2) is 29.4 Å². The Morgan fingerprint density at radius 1 is 1.37 bits per heavy atom. The fraction of sp³-hybridized carbons (Fsp3) is 0.417. The number of benzene rings is 1. The van der Waals surface area contributed by atoms with Crippen molar-refractivity contribution in [2.45, 2.75) is 25.1 Å². The van der Waals surface area contributed by atoms with Gasteiger partial charge in [-0.3, -0.25) is 4.79 Å². The van der Waals surface area contributed by atoms with Gasteiger partial charge in [0.25, 0.3) is 6.43 Å². The molecule has 1 aromatic carbocycles. The molecule has 0 spiro atoms. The number of hydrogen-bond acceptors (Lipinski definition) is 4. The molecular weight excluding hydrogens is 265 g/mol. The lowest BCUT2D eigenvalue weighted by Crippen LogP contribution is -2.22. The van der Waals surface area contributed by atoms with Gasteiger partial charge in [-0.25, -0.2) is 13.2 Å². The fourth-order valence-corrected chi connectivity index (χ4v) is 1.49. The Kier molecular flexibility index (Phi) is 5.31. The molecule has 4 nitrogen and oxygen atoms in total. The molecule has 2 N–H and O–H groups in total. The summed E-state index contributed by atoms with van der Waals surface area (Å²) in [6.07, 6.45) is -6.54. The molecule has 0 bridgehead atoms. The van der Waals surface area contributed by atoms with E-state index in [0.29, 0.717) is 6.07 Å². The van der Waals surface area contributed by atoms with Gasteiger partial charge in [0.05, 0.1) is 25.2 Å². The van der Waals surface area contributed by atoms with Gasteiger partial charge in [0.1, 0.15) is 11.9 Å². The molecule has 0 fully saturated rings. The lowest BCUT2D eigenvalue weighted by molar-refractivity contribution is -0.144. The third kappa shape index (κ3) is 3.93. The molecule has 1 rings (SSSR count). The van der Waals surface area contributed by atoms with Gasteiger partial charge in [-0.05, 0) is 11.6 Å². The van der Waals surface area contributed by atoms with E-state index in [0.717, 1.165) is 19.2 Å². The zero-order valence-corrected chi connectivity index (χ0v) is 10.0. The van der Waals surface area contributed by atoms with Gasteiger partial charge in [0.15, 0.2) is 0 Å². The number of alkyl halides is 2. The number of methoxy groups -OCH3 is 1. The van der Waals surface area contributed by atoms with Crippen LogP contribution in [-0.2, 0) is 9.53 Å². The molecule has 0 amide bonds.